The zero-order valence-corrected chi connectivity index (χ0v) is 8.23. The molecule has 96 valence electrons. The highest BCUT2D eigenvalue weighted by atomic mass is 19.4. The minimum atomic E-state index is -4.75. The number of alkyl halides is 6. The van der Waals surface area contributed by atoms with E-state index in [-0.39, 0.29) is 13.0 Å². The summed E-state index contributed by atoms with van der Waals surface area (Å²) in [5.41, 5.74) is -1.32. The van der Waals surface area contributed by atoms with E-state index in [1.54, 1.807) is 0 Å². The Morgan fingerprint density at radius 1 is 1.24 bits per heavy atom. The van der Waals surface area contributed by atoms with Crippen LogP contribution in [0.2, 0.25) is 0 Å². The van der Waals surface area contributed by atoms with E-state index in [0.717, 1.165) is 0 Å². The molecule has 0 aliphatic carbocycles. The molecule has 1 aliphatic heterocycles. The number of hydrogen-bond donors (Lipinski definition) is 1. The summed E-state index contributed by atoms with van der Waals surface area (Å²) >= 11 is 0. The van der Waals surface area contributed by atoms with Crippen LogP contribution in [-0.2, 0) is 6.18 Å². The molecule has 0 bridgehead atoms. The molecule has 1 aromatic rings. The van der Waals surface area contributed by atoms with Gasteiger partial charge in [0.2, 0.25) is 5.95 Å². The second-order valence-corrected chi connectivity index (χ2v) is 3.63. The highest BCUT2D eigenvalue weighted by molar-refractivity contribution is 5.33. The lowest BCUT2D eigenvalue weighted by molar-refractivity contribution is -0.169. The van der Waals surface area contributed by atoms with Crippen LogP contribution < -0.4 is 5.32 Å². The molecule has 0 saturated heterocycles. The molecule has 3 nitrogen and oxygen atoms in total. The number of halogens is 6. The minimum absolute atomic E-state index is 0.0571. The lowest BCUT2D eigenvalue weighted by atomic mass is 10.1. The Balaban J connectivity index is 2.42. The first-order valence-electron chi connectivity index (χ1n) is 4.66. The molecule has 0 saturated carbocycles. The van der Waals surface area contributed by atoms with Gasteiger partial charge in [0, 0.05) is 12.7 Å². The molecule has 1 aromatic heterocycles. The van der Waals surface area contributed by atoms with E-state index in [1.165, 1.54) is 0 Å². The van der Waals surface area contributed by atoms with E-state index in [2.05, 4.69) is 10.3 Å². The van der Waals surface area contributed by atoms with E-state index in [4.69, 9.17) is 0 Å². The predicted molar refractivity (Wildman–Crippen MR) is 45.4 cm³/mol. The van der Waals surface area contributed by atoms with E-state index in [1.807, 2.05) is 0 Å². The molecule has 2 heterocycles. The topological polar surface area (TPSA) is 29.9 Å². The van der Waals surface area contributed by atoms with Crippen molar-refractivity contribution in [2.24, 2.45) is 0 Å². The van der Waals surface area contributed by atoms with Crippen LogP contribution in [0.4, 0.5) is 32.3 Å². The van der Waals surface area contributed by atoms with Gasteiger partial charge in [-0.05, 0) is 6.42 Å². The summed E-state index contributed by atoms with van der Waals surface area (Å²) < 4.78 is 75.1. The summed E-state index contributed by atoms with van der Waals surface area (Å²) in [6.07, 6.45) is -9.26. The van der Waals surface area contributed by atoms with Crippen LogP contribution in [0.1, 0.15) is 18.2 Å². The molecule has 1 aliphatic rings. The number of nitrogens with one attached hydrogen (secondary N) is 1. The molecule has 0 aromatic carbocycles. The molecular formula is C8H7F6N3. The Morgan fingerprint density at radius 2 is 1.88 bits per heavy atom. The normalized spacial score (nSPS) is 20.9. The number of nitrogens with zero attached hydrogens (tertiary/aromatic N) is 2. The monoisotopic (exact) mass is 259 g/mol. The lowest BCUT2D eigenvalue weighted by Crippen LogP contribution is -2.33. The van der Waals surface area contributed by atoms with Crippen molar-refractivity contribution >= 4 is 5.95 Å². The van der Waals surface area contributed by atoms with Gasteiger partial charge in [0.05, 0.1) is 0 Å². The van der Waals surface area contributed by atoms with Crippen LogP contribution in [0, 0.1) is 0 Å². The third-order valence-corrected chi connectivity index (χ3v) is 2.44. The zero-order chi connectivity index (χ0) is 12.8. The van der Waals surface area contributed by atoms with E-state index >= 15 is 0 Å². The summed E-state index contributed by atoms with van der Waals surface area (Å²) in [5.74, 6) is -0.397. The van der Waals surface area contributed by atoms with Gasteiger partial charge in [-0.3, -0.25) is 0 Å². The van der Waals surface area contributed by atoms with Gasteiger partial charge in [-0.15, -0.1) is 0 Å². The van der Waals surface area contributed by atoms with Gasteiger partial charge in [-0.1, -0.05) is 0 Å². The Bertz CT molecular complexity index is 418. The maximum Gasteiger partial charge on any atom is 0.434 e. The van der Waals surface area contributed by atoms with Crippen molar-refractivity contribution in [1.29, 1.82) is 0 Å². The number of anilines is 1. The molecule has 9 heteroatoms. The molecule has 0 fully saturated rings. The molecule has 17 heavy (non-hydrogen) atoms. The third-order valence-electron chi connectivity index (χ3n) is 2.44. The molecule has 1 atom stereocenters. The number of imidazole rings is 1. The van der Waals surface area contributed by atoms with Gasteiger partial charge < -0.3 is 9.88 Å². The van der Waals surface area contributed by atoms with Crippen LogP contribution in [0.25, 0.3) is 0 Å². The van der Waals surface area contributed by atoms with Gasteiger partial charge >= 0.3 is 12.4 Å². The van der Waals surface area contributed by atoms with Gasteiger partial charge in [0.25, 0.3) is 0 Å². The van der Waals surface area contributed by atoms with Gasteiger partial charge in [0.15, 0.2) is 5.69 Å². The summed E-state index contributed by atoms with van der Waals surface area (Å²) in [6.45, 7) is -0.0571. The van der Waals surface area contributed by atoms with Crippen LogP contribution in [0.15, 0.2) is 6.20 Å². The fraction of sp³-hybridized carbons (Fsp3) is 0.625. The Hall–Kier alpha value is -1.41. The quantitative estimate of drug-likeness (QED) is 0.726. The summed E-state index contributed by atoms with van der Waals surface area (Å²) in [7, 11) is 0. The standard InChI is InChI=1S/C8H7F6N3/c9-7(10,11)4-3-17-5(8(12,13)14)1-2-15-6(17)16-4/h3,5H,1-2H2,(H,15,16). The molecule has 0 radical (unpaired) electrons. The molecule has 1 unspecified atom stereocenters. The van der Waals surface area contributed by atoms with Crippen molar-refractivity contribution < 1.29 is 26.3 Å². The van der Waals surface area contributed by atoms with Crippen molar-refractivity contribution in [1.82, 2.24) is 9.55 Å². The highest BCUT2D eigenvalue weighted by Crippen LogP contribution is 2.39. The second kappa shape index (κ2) is 3.54. The first kappa shape index (κ1) is 12.1. The molecule has 2 rings (SSSR count). The van der Waals surface area contributed by atoms with Crippen LogP contribution in [0.5, 0.6) is 0 Å². The average molecular weight is 259 g/mol. The van der Waals surface area contributed by atoms with Gasteiger partial charge in [-0.25, -0.2) is 4.98 Å². The predicted octanol–water partition coefficient (Wildman–Crippen LogP) is 2.82. The fourth-order valence-electron chi connectivity index (χ4n) is 1.68. The lowest BCUT2D eigenvalue weighted by Gasteiger charge is -2.27. The molecular weight excluding hydrogens is 252 g/mol. The van der Waals surface area contributed by atoms with Gasteiger partial charge in [0.1, 0.15) is 6.04 Å². The largest absolute Gasteiger partial charge is 0.434 e. The van der Waals surface area contributed by atoms with E-state index in [9.17, 15) is 26.3 Å². The van der Waals surface area contributed by atoms with Crippen molar-refractivity contribution in [2.45, 2.75) is 24.8 Å². The summed E-state index contributed by atoms with van der Waals surface area (Å²) in [5, 5.41) is 2.41. The first-order valence-corrected chi connectivity index (χ1v) is 4.66. The number of hydrogen-bond acceptors (Lipinski definition) is 2. The fourth-order valence-corrected chi connectivity index (χ4v) is 1.68. The summed E-state index contributed by atoms with van der Waals surface area (Å²) in [4.78, 5) is 3.11. The SMILES string of the molecule is FC(F)(F)c1cn2c(n1)NCCC2C(F)(F)F. The average Bonchev–Trinajstić information content (AvgIpc) is 2.57. The van der Waals surface area contributed by atoms with Crippen LogP contribution >= 0.6 is 0 Å². The minimum Gasteiger partial charge on any atom is -0.356 e. The smallest absolute Gasteiger partial charge is 0.356 e. The molecule has 0 amide bonds. The Morgan fingerprint density at radius 3 is 2.41 bits per heavy atom. The highest BCUT2D eigenvalue weighted by Gasteiger charge is 2.45. The summed E-state index contributed by atoms with van der Waals surface area (Å²) in [6, 6.07) is -1.96. The number of aromatic nitrogens is 2. The maximum absolute atomic E-state index is 12.6. The first-order chi connectivity index (χ1) is 7.69. The van der Waals surface area contributed by atoms with Crippen molar-refractivity contribution in [2.75, 3.05) is 11.9 Å². The Kier molecular flexibility index (Phi) is 2.51. The zero-order valence-electron chi connectivity index (χ0n) is 8.23. The second-order valence-electron chi connectivity index (χ2n) is 3.63. The number of fused-ring (bicyclic) bond motifs is 1. The number of rotatable bonds is 0. The van der Waals surface area contributed by atoms with Crippen molar-refractivity contribution in [3.05, 3.63) is 11.9 Å². The van der Waals surface area contributed by atoms with Crippen LogP contribution in [0.3, 0.4) is 0 Å². The molecule has 0 spiro atoms. The Labute approximate surface area is 91.4 Å². The van der Waals surface area contributed by atoms with Gasteiger partial charge in [-0.2, -0.15) is 26.3 Å². The third kappa shape index (κ3) is 2.18. The van der Waals surface area contributed by atoms with Crippen molar-refractivity contribution in [3.63, 3.8) is 0 Å². The van der Waals surface area contributed by atoms with E-state index in [0.29, 0.717) is 10.8 Å². The van der Waals surface area contributed by atoms with Crippen molar-refractivity contribution in [3.8, 4) is 0 Å². The molecule has 1 N–H and O–H groups in total. The van der Waals surface area contributed by atoms with Crippen LogP contribution in [-0.4, -0.2) is 22.3 Å². The maximum atomic E-state index is 12.6. The van der Waals surface area contributed by atoms with E-state index < -0.39 is 30.0 Å².